The minimum Gasteiger partial charge on any atom is -0.466 e. The van der Waals surface area contributed by atoms with Crippen LogP contribution in [0.3, 0.4) is 0 Å². The first kappa shape index (κ1) is 24.1. The van der Waals surface area contributed by atoms with Gasteiger partial charge in [0.1, 0.15) is 0 Å². The minimum absolute atomic E-state index is 0.146. The molecule has 0 atom stereocenters. The molecule has 2 aromatic heterocycles. The Kier molecular flexibility index (Phi) is 6.75. The van der Waals surface area contributed by atoms with Crippen molar-refractivity contribution in [2.24, 2.45) is 7.05 Å². The van der Waals surface area contributed by atoms with Crippen molar-refractivity contribution in [3.8, 4) is 23.1 Å². The van der Waals surface area contributed by atoms with E-state index in [4.69, 9.17) is 9.47 Å². The SMILES string of the molecule is COC(=O)COc1ncccc1Oc1cc(-n2c(=O)c(C)c(C)n(C)c2=O)c(F)cc1[N+](=O)[O-]. The number of pyridine rings is 1. The van der Waals surface area contributed by atoms with E-state index in [1.54, 1.807) is 6.92 Å². The number of hydrogen-bond acceptors (Lipinski definition) is 9. The maximum Gasteiger partial charge on any atom is 0.343 e. The fraction of sp³-hybridized carbons (Fsp3) is 0.238. The lowest BCUT2D eigenvalue weighted by Crippen LogP contribution is -2.40. The molecule has 0 amide bonds. The van der Waals surface area contributed by atoms with Gasteiger partial charge in [0.05, 0.1) is 23.8 Å². The van der Waals surface area contributed by atoms with E-state index in [-0.39, 0.29) is 17.2 Å². The summed E-state index contributed by atoms with van der Waals surface area (Å²) < 4.78 is 31.9. The smallest absolute Gasteiger partial charge is 0.343 e. The van der Waals surface area contributed by atoms with Crippen LogP contribution in [-0.4, -0.2) is 38.7 Å². The first-order valence-electron chi connectivity index (χ1n) is 9.66. The highest BCUT2D eigenvalue weighted by atomic mass is 19.1. The number of esters is 1. The number of carbonyl (C=O) groups is 1. The third kappa shape index (κ3) is 4.48. The van der Waals surface area contributed by atoms with Crippen LogP contribution in [0.1, 0.15) is 11.3 Å². The van der Waals surface area contributed by atoms with Gasteiger partial charge in [0, 0.05) is 30.6 Å². The summed E-state index contributed by atoms with van der Waals surface area (Å²) >= 11 is 0. The van der Waals surface area contributed by atoms with E-state index in [9.17, 15) is 28.9 Å². The maximum absolute atomic E-state index is 14.9. The van der Waals surface area contributed by atoms with Crippen LogP contribution in [0.15, 0.2) is 40.1 Å². The molecule has 12 nitrogen and oxygen atoms in total. The lowest BCUT2D eigenvalue weighted by molar-refractivity contribution is -0.385. The molecule has 2 heterocycles. The van der Waals surface area contributed by atoms with Crippen molar-refractivity contribution in [1.29, 1.82) is 0 Å². The molecule has 0 aliphatic carbocycles. The summed E-state index contributed by atoms with van der Waals surface area (Å²) in [6, 6.07) is 4.17. The van der Waals surface area contributed by atoms with Gasteiger partial charge in [-0.2, -0.15) is 0 Å². The van der Waals surface area contributed by atoms with Gasteiger partial charge in [0.15, 0.2) is 18.2 Å². The van der Waals surface area contributed by atoms with Crippen LogP contribution in [0, 0.1) is 29.8 Å². The molecule has 0 spiro atoms. The average molecular weight is 474 g/mol. The minimum atomic E-state index is -1.19. The quantitative estimate of drug-likeness (QED) is 0.285. The second-order valence-electron chi connectivity index (χ2n) is 6.99. The molecule has 3 rings (SSSR count). The van der Waals surface area contributed by atoms with Crippen molar-refractivity contribution >= 4 is 11.7 Å². The molecule has 0 saturated carbocycles. The molecular formula is C21H19FN4O8. The van der Waals surface area contributed by atoms with E-state index in [1.165, 1.54) is 32.3 Å². The third-order valence-corrected chi connectivity index (χ3v) is 5.02. The van der Waals surface area contributed by atoms with Crippen molar-refractivity contribution in [2.45, 2.75) is 13.8 Å². The predicted molar refractivity (Wildman–Crippen MR) is 115 cm³/mol. The highest BCUT2D eigenvalue weighted by Crippen LogP contribution is 2.37. The standard InChI is InChI=1S/C21H19FN4O8/c1-11-12(2)24(3)21(29)25(20(11)28)14-9-17(15(26(30)31)8-13(14)22)34-16-6-5-7-23-19(16)33-10-18(27)32-4/h5-9H,10H2,1-4H3. The first-order chi connectivity index (χ1) is 16.1. The lowest BCUT2D eigenvalue weighted by Gasteiger charge is -2.15. The normalized spacial score (nSPS) is 10.6. The van der Waals surface area contributed by atoms with Crippen LogP contribution in [0.4, 0.5) is 10.1 Å². The Hall–Kier alpha value is -4.55. The van der Waals surface area contributed by atoms with Crippen molar-refractivity contribution < 1.29 is 28.3 Å². The van der Waals surface area contributed by atoms with E-state index in [0.29, 0.717) is 16.3 Å². The molecule has 3 aromatic rings. The summed E-state index contributed by atoms with van der Waals surface area (Å²) in [4.78, 5) is 51.5. The van der Waals surface area contributed by atoms with Crippen LogP contribution in [0.2, 0.25) is 0 Å². The second-order valence-corrected chi connectivity index (χ2v) is 6.99. The van der Waals surface area contributed by atoms with Crippen molar-refractivity contribution in [3.63, 3.8) is 0 Å². The Bertz CT molecular complexity index is 1380. The van der Waals surface area contributed by atoms with E-state index in [0.717, 1.165) is 17.7 Å². The number of halogens is 1. The van der Waals surface area contributed by atoms with Crippen LogP contribution < -0.4 is 20.7 Å². The molecule has 13 heteroatoms. The molecule has 1 aromatic carbocycles. The second kappa shape index (κ2) is 9.52. The van der Waals surface area contributed by atoms with Gasteiger partial charge >= 0.3 is 17.3 Å². The molecule has 0 aliphatic rings. The number of rotatable bonds is 7. The van der Waals surface area contributed by atoms with E-state index in [1.807, 2.05) is 0 Å². The van der Waals surface area contributed by atoms with Crippen LogP contribution in [0.5, 0.6) is 17.4 Å². The molecule has 0 N–H and O–H groups in total. The van der Waals surface area contributed by atoms with Crippen LogP contribution in [0.25, 0.3) is 5.69 Å². The summed E-state index contributed by atoms with van der Waals surface area (Å²) in [6.07, 6.45) is 1.32. The summed E-state index contributed by atoms with van der Waals surface area (Å²) in [7, 11) is 2.56. The number of methoxy groups -OCH3 is 1. The fourth-order valence-corrected chi connectivity index (χ4v) is 2.96. The Labute approximate surface area is 190 Å². The molecule has 0 saturated heterocycles. The highest BCUT2D eigenvalue weighted by Gasteiger charge is 2.25. The van der Waals surface area contributed by atoms with Crippen LogP contribution in [-0.2, 0) is 16.6 Å². The molecule has 0 fully saturated rings. The predicted octanol–water partition coefficient (Wildman–Crippen LogP) is 1.94. The van der Waals surface area contributed by atoms with Gasteiger partial charge in [-0.15, -0.1) is 0 Å². The lowest BCUT2D eigenvalue weighted by atomic mass is 10.2. The van der Waals surface area contributed by atoms with Gasteiger partial charge in [-0.1, -0.05) is 0 Å². The number of hydrogen-bond donors (Lipinski definition) is 0. The zero-order chi connectivity index (χ0) is 25.2. The van der Waals surface area contributed by atoms with E-state index in [2.05, 4.69) is 9.72 Å². The summed E-state index contributed by atoms with van der Waals surface area (Å²) in [5.74, 6) is -2.74. The molecule has 34 heavy (non-hydrogen) atoms. The van der Waals surface area contributed by atoms with Crippen molar-refractivity contribution in [2.75, 3.05) is 13.7 Å². The number of benzene rings is 1. The maximum atomic E-state index is 14.9. The van der Waals surface area contributed by atoms with Gasteiger partial charge in [-0.25, -0.2) is 23.5 Å². The number of ether oxygens (including phenoxy) is 3. The van der Waals surface area contributed by atoms with Crippen molar-refractivity contribution in [3.05, 3.63) is 78.5 Å². The monoisotopic (exact) mass is 474 g/mol. The topological polar surface area (TPSA) is 145 Å². The first-order valence-corrected chi connectivity index (χ1v) is 9.66. The van der Waals surface area contributed by atoms with Crippen molar-refractivity contribution in [1.82, 2.24) is 14.1 Å². The average Bonchev–Trinajstić information content (AvgIpc) is 2.82. The molecular weight excluding hydrogens is 455 g/mol. The summed E-state index contributed by atoms with van der Waals surface area (Å²) in [5, 5.41) is 11.6. The zero-order valence-electron chi connectivity index (χ0n) is 18.5. The number of aromatic nitrogens is 3. The third-order valence-electron chi connectivity index (χ3n) is 5.02. The number of nitro groups is 1. The summed E-state index contributed by atoms with van der Waals surface area (Å²) in [5.41, 5.74) is -2.40. The van der Waals surface area contributed by atoms with Gasteiger partial charge in [-0.3, -0.25) is 14.9 Å². The Morgan fingerprint density at radius 3 is 2.59 bits per heavy atom. The van der Waals surface area contributed by atoms with E-state index >= 15 is 0 Å². The largest absolute Gasteiger partial charge is 0.466 e. The molecule has 0 unspecified atom stereocenters. The Morgan fingerprint density at radius 1 is 1.24 bits per heavy atom. The molecule has 0 radical (unpaired) electrons. The van der Waals surface area contributed by atoms with Gasteiger partial charge in [0.25, 0.3) is 11.4 Å². The fourth-order valence-electron chi connectivity index (χ4n) is 2.96. The van der Waals surface area contributed by atoms with Gasteiger partial charge in [0.2, 0.25) is 5.75 Å². The van der Waals surface area contributed by atoms with Crippen LogP contribution >= 0.6 is 0 Å². The van der Waals surface area contributed by atoms with Gasteiger partial charge < -0.3 is 18.8 Å². The zero-order valence-corrected chi connectivity index (χ0v) is 18.5. The van der Waals surface area contributed by atoms with Gasteiger partial charge in [-0.05, 0) is 26.0 Å². The molecule has 0 aliphatic heterocycles. The molecule has 178 valence electrons. The Balaban J connectivity index is 2.18. The number of nitrogens with zero attached hydrogens (tertiary/aromatic N) is 4. The van der Waals surface area contributed by atoms with E-state index < -0.39 is 51.7 Å². The highest BCUT2D eigenvalue weighted by molar-refractivity contribution is 5.71. The molecule has 0 bridgehead atoms. The Morgan fingerprint density at radius 2 is 1.94 bits per heavy atom. The number of carbonyl (C=O) groups excluding carboxylic acids is 1. The summed E-state index contributed by atoms with van der Waals surface area (Å²) in [6.45, 7) is 2.51. The number of nitro benzene ring substituents is 1.